The third-order valence-corrected chi connectivity index (χ3v) is 5.50. The molecule has 0 aliphatic rings. The van der Waals surface area contributed by atoms with Crippen LogP contribution in [0.5, 0.6) is 0 Å². The molecule has 0 saturated heterocycles. The molecule has 0 aromatic heterocycles. The van der Waals surface area contributed by atoms with Crippen LogP contribution in [-0.4, -0.2) is 50.8 Å². The standard InChI is InChI=1S/C14H20ClN3O2S/c1-5-18(11(2)10-17(3)4)21(19,20)13-7-6-12(9-16)14(15)8-13/h6-8,11H,5,10H2,1-4H3. The van der Waals surface area contributed by atoms with E-state index in [1.165, 1.54) is 22.5 Å². The first-order valence-corrected chi connectivity index (χ1v) is 8.42. The van der Waals surface area contributed by atoms with Crippen molar-refractivity contribution in [3.05, 3.63) is 28.8 Å². The van der Waals surface area contributed by atoms with Gasteiger partial charge in [-0.15, -0.1) is 0 Å². The first-order valence-electron chi connectivity index (χ1n) is 6.60. The van der Waals surface area contributed by atoms with Crippen molar-refractivity contribution in [1.82, 2.24) is 9.21 Å². The van der Waals surface area contributed by atoms with E-state index >= 15 is 0 Å². The van der Waals surface area contributed by atoms with Crippen LogP contribution in [-0.2, 0) is 10.0 Å². The molecule has 0 aliphatic heterocycles. The summed E-state index contributed by atoms with van der Waals surface area (Å²) >= 11 is 5.93. The molecule has 0 heterocycles. The average Bonchev–Trinajstić information content (AvgIpc) is 2.38. The summed E-state index contributed by atoms with van der Waals surface area (Å²) in [7, 11) is 0.166. The zero-order valence-corrected chi connectivity index (χ0v) is 14.2. The molecule has 0 fully saturated rings. The molecule has 0 aliphatic carbocycles. The Kier molecular flexibility index (Phi) is 6.17. The minimum atomic E-state index is -3.63. The molecule has 21 heavy (non-hydrogen) atoms. The lowest BCUT2D eigenvalue weighted by atomic mass is 10.2. The molecular formula is C14H20ClN3O2S. The molecule has 0 saturated carbocycles. The molecule has 1 atom stereocenters. The molecule has 1 aromatic rings. The lowest BCUT2D eigenvalue weighted by molar-refractivity contribution is 0.271. The lowest BCUT2D eigenvalue weighted by Crippen LogP contribution is -2.43. The summed E-state index contributed by atoms with van der Waals surface area (Å²) in [6, 6.07) is 5.94. The molecule has 0 amide bonds. The molecule has 7 heteroatoms. The van der Waals surface area contributed by atoms with Gasteiger partial charge in [-0.1, -0.05) is 18.5 Å². The second kappa shape index (κ2) is 7.23. The van der Waals surface area contributed by atoms with E-state index in [-0.39, 0.29) is 21.5 Å². The SMILES string of the molecule is CCN(C(C)CN(C)C)S(=O)(=O)c1ccc(C#N)c(Cl)c1. The molecule has 0 bridgehead atoms. The molecular weight excluding hydrogens is 310 g/mol. The van der Waals surface area contributed by atoms with Crippen LogP contribution in [0.25, 0.3) is 0 Å². The number of hydrogen-bond donors (Lipinski definition) is 0. The fourth-order valence-corrected chi connectivity index (χ4v) is 4.17. The average molecular weight is 330 g/mol. The summed E-state index contributed by atoms with van der Waals surface area (Å²) in [5.41, 5.74) is 0.264. The molecule has 0 radical (unpaired) electrons. The van der Waals surface area contributed by atoms with Crippen LogP contribution in [0, 0.1) is 11.3 Å². The zero-order chi connectivity index (χ0) is 16.2. The third kappa shape index (κ3) is 4.17. The van der Waals surface area contributed by atoms with E-state index in [1.54, 1.807) is 6.92 Å². The summed E-state index contributed by atoms with van der Waals surface area (Å²) < 4.78 is 26.8. The Hall–Kier alpha value is -1.13. The molecule has 0 N–H and O–H groups in total. The van der Waals surface area contributed by atoms with Gasteiger partial charge in [0.05, 0.1) is 15.5 Å². The van der Waals surface area contributed by atoms with Crippen molar-refractivity contribution in [1.29, 1.82) is 5.26 Å². The summed E-state index contributed by atoms with van der Waals surface area (Å²) in [5, 5.41) is 9.00. The van der Waals surface area contributed by atoms with E-state index in [0.29, 0.717) is 13.1 Å². The van der Waals surface area contributed by atoms with E-state index < -0.39 is 10.0 Å². The Morgan fingerprint density at radius 1 is 1.38 bits per heavy atom. The van der Waals surface area contributed by atoms with Gasteiger partial charge in [-0.05, 0) is 39.2 Å². The third-order valence-electron chi connectivity index (χ3n) is 3.10. The molecule has 1 unspecified atom stereocenters. The quantitative estimate of drug-likeness (QED) is 0.802. The molecule has 1 aromatic carbocycles. The van der Waals surface area contributed by atoms with Gasteiger partial charge in [0.2, 0.25) is 10.0 Å². The monoisotopic (exact) mass is 329 g/mol. The van der Waals surface area contributed by atoms with Crippen molar-refractivity contribution < 1.29 is 8.42 Å². The topological polar surface area (TPSA) is 64.4 Å². The Morgan fingerprint density at radius 2 is 2.00 bits per heavy atom. The number of benzene rings is 1. The smallest absolute Gasteiger partial charge is 0.243 e. The van der Waals surface area contributed by atoms with E-state index in [0.717, 1.165) is 0 Å². The van der Waals surface area contributed by atoms with Gasteiger partial charge in [-0.3, -0.25) is 0 Å². The minimum absolute atomic E-state index is 0.110. The highest BCUT2D eigenvalue weighted by molar-refractivity contribution is 7.89. The van der Waals surface area contributed by atoms with Gasteiger partial charge in [0, 0.05) is 19.1 Å². The van der Waals surface area contributed by atoms with Crippen LogP contribution in [0.3, 0.4) is 0 Å². The molecule has 116 valence electrons. The number of hydrogen-bond acceptors (Lipinski definition) is 4. The van der Waals surface area contributed by atoms with Crippen LogP contribution in [0.15, 0.2) is 23.1 Å². The highest BCUT2D eigenvalue weighted by Gasteiger charge is 2.28. The molecule has 5 nitrogen and oxygen atoms in total. The second-order valence-electron chi connectivity index (χ2n) is 5.07. The van der Waals surface area contributed by atoms with Gasteiger partial charge in [-0.25, -0.2) is 8.42 Å². The highest BCUT2D eigenvalue weighted by atomic mass is 35.5. The van der Waals surface area contributed by atoms with Gasteiger partial charge < -0.3 is 4.90 Å². The fraction of sp³-hybridized carbons (Fsp3) is 0.500. The summed E-state index contributed by atoms with van der Waals surface area (Å²) in [4.78, 5) is 2.05. The van der Waals surface area contributed by atoms with E-state index in [9.17, 15) is 8.42 Å². The normalized spacial score (nSPS) is 13.4. The van der Waals surface area contributed by atoms with Crippen molar-refractivity contribution in [2.24, 2.45) is 0 Å². The Labute approximate surface area is 131 Å². The van der Waals surface area contributed by atoms with Gasteiger partial charge >= 0.3 is 0 Å². The highest BCUT2D eigenvalue weighted by Crippen LogP contribution is 2.24. The number of nitrogens with zero attached hydrogens (tertiary/aromatic N) is 3. The van der Waals surface area contributed by atoms with Crippen molar-refractivity contribution in [2.45, 2.75) is 24.8 Å². The van der Waals surface area contributed by atoms with Crippen LogP contribution < -0.4 is 0 Å². The van der Waals surface area contributed by atoms with Gasteiger partial charge in [0.1, 0.15) is 6.07 Å². The Bertz CT molecular complexity index is 638. The van der Waals surface area contributed by atoms with Crippen LogP contribution in [0.2, 0.25) is 5.02 Å². The number of rotatable bonds is 6. The van der Waals surface area contributed by atoms with Crippen molar-refractivity contribution >= 4 is 21.6 Å². The maximum absolute atomic E-state index is 12.7. The Morgan fingerprint density at radius 3 is 2.43 bits per heavy atom. The van der Waals surface area contributed by atoms with Crippen molar-refractivity contribution in [2.75, 3.05) is 27.2 Å². The number of nitriles is 1. The van der Waals surface area contributed by atoms with Gasteiger partial charge in [0.15, 0.2) is 0 Å². The lowest BCUT2D eigenvalue weighted by Gasteiger charge is -2.29. The van der Waals surface area contributed by atoms with Crippen LogP contribution in [0.4, 0.5) is 0 Å². The first-order chi connectivity index (χ1) is 9.73. The minimum Gasteiger partial charge on any atom is -0.308 e. The summed E-state index contributed by atoms with van der Waals surface area (Å²) in [6.45, 7) is 4.66. The number of sulfonamides is 1. The number of halogens is 1. The van der Waals surface area contributed by atoms with E-state index in [1.807, 2.05) is 32.0 Å². The largest absolute Gasteiger partial charge is 0.308 e. The predicted octanol–water partition coefficient (Wildman–Crippen LogP) is 2.17. The second-order valence-corrected chi connectivity index (χ2v) is 7.37. The van der Waals surface area contributed by atoms with E-state index in [4.69, 9.17) is 16.9 Å². The molecule has 0 spiro atoms. The predicted molar refractivity (Wildman–Crippen MR) is 83.7 cm³/mol. The van der Waals surface area contributed by atoms with Crippen LogP contribution in [0.1, 0.15) is 19.4 Å². The van der Waals surface area contributed by atoms with Crippen molar-refractivity contribution in [3.8, 4) is 6.07 Å². The Balaban J connectivity index is 3.19. The van der Waals surface area contributed by atoms with Gasteiger partial charge in [-0.2, -0.15) is 9.57 Å². The number of likely N-dealkylation sites (N-methyl/N-ethyl adjacent to an activating group) is 2. The van der Waals surface area contributed by atoms with Gasteiger partial charge in [0.25, 0.3) is 0 Å². The maximum atomic E-state index is 12.7. The fourth-order valence-electron chi connectivity index (χ4n) is 2.22. The summed E-state index contributed by atoms with van der Waals surface area (Å²) in [5.74, 6) is 0. The maximum Gasteiger partial charge on any atom is 0.243 e. The first kappa shape index (κ1) is 17.9. The molecule has 1 rings (SSSR count). The van der Waals surface area contributed by atoms with Crippen LogP contribution >= 0.6 is 11.6 Å². The van der Waals surface area contributed by atoms with E-state index in [2.05, 4.69) is 0 Å². The zero-order valence-electron chi connectivity index (χ0n) is 12.7. The van der Waals surface area contributed by atoms with Crippen molar-refractivity contribution in [3.63, 3.8) is 0 Å². The summed E-state index contributed by atoms with van der Waals surface area (Å²) in [6.07, 6.45) is 0.